The molecule has 1 aliphatic heterocycles. The fourth-order valence-electron chi connectivity index (χ4n) is 1.79. The van der Waals surface area contributed by atoms with E-state index in [-0.39, 0.29) is 11.8 Å². The Balaban J connectivity index is 1.90. The van der Waals surface area contributed by atoms with Crippen molar-refractivity contribution >= 4 is 5.69 Å². The third-order valence-corrected chi connectivity index (χ3v) is 2.58. The molecule has 100 valence electrons. The Bertz CT molecular complexity index is 389. The fraction of sp³-hybridized carbons (Fsp3) is 0.500. The largest absolute Gasteiger partial charge is 0.491 e. The molecule has 1 heterocycles. The van der Waals surface area contributed by atoms with Crippen molar-refractivity contribution in [1.82, 2.24) is 0 Å². The van der Waals surface area contributed by atoms with Crippen molar-refractivity contribution in [2.24, 2.45) is 0 Å². The number of hydrogen-bond donors (Lipinski definition) is 1. The fourth-order valence-corrected chi connectivity index (χ4v) is 1.79. The zero-order valence-electron chi connectivity index (χ0n) is 9.67. The highest BCUT2D eigenvalue weighted by molar-refractivity contribution is 5.48. The molecule has 0 aromatic heterocycles. The van der Waals surface area contributed by atoms with Gasteiger partial charge in [0.2, 0.25) is 0 Å². The third-order valence-electron chi connectivity index (χ3n) is 2.58. The topological polar surface area (TPSA) is 30.5 Å². The molecule has 6 heteroatoms. The van der Waals surface area contributed by atoms with E-state index >= 15 is 0 Å². The van der Waals surface area contributed by atoms with Crippen LogP contribution >= 0.6 is 0 Å². The van der Waals surface area contributed by atoms with Crippen LogP contribution in [0.25, 0.3) is 0 Å². The van der Waals surface area contributed by atoms with Gasteiger partial charge < -0.3 is 9.47 Å². The zero-order valence-corrected chi connectivity index (χ0v) is 9.67. The maximum absolute atomic E-state index is 12.1. The van der Waals surface area contributed by atoms with Crippen LogP contribution in [0, 0.1) is 0 Å². The first kappa shape index (κ1) is 13.0. The van der Waals surface area contributed by atoms with Gasteiger partial charge in [-0.3, -0.25) is 5.32 Å². The Morgan fingerprint density at radius 3 is 2.89 bits per heavy atom. The second-order valence-corrected chi connectivity index (χ2v) is 4.10. The Kier molecular flexibility index (Phi) is 3.96. The lowest BCUT2D eigenvalue weighted by atomic mass is 10.2. The molecule has 0 saturated carbocycles. The minimum Gasteiger partial charge on any atom is -0.491 e. The number of anilines is 1. The van der Waals surface area contributed by atoms with Crippen molar-refractivity contribution in [2.75, 3.05) is 18.5 Å². The molecule has 1 atom stereocenters. The van der Waals surface area contributed by atoms with Crippen molar-refractivity contribution in [3.8, 4) is 5.75 Å². The second-order valence-electron chi connectivity index (χ2n) is 4.10. The Labute approximate surface area is 103 Å². The maximum Gasteiger partial charge on any atom is 0.482 e. The summed E-state index contributed by atoms with van der Waals surface area (Å²) in [5.74, 6) is 0.403. The summed E-state index contributed by atoms with van der Waals surface area (Å²) in [6.07, 6.45) is -2.46. The normalized spacial score (nSPS) is 19.8. The summed E-state index contributed by atoms with van der Waals surface area (Å²) in [5, 5.41) is 1.44. The van der Waals surface area contributed by atoms with Gasteiger partial charge in [-0.1, -0.05) is 6.07 Å². The average Bonchev–Trinajstić information content (AvgIpc) is 2.77. The Morgan fingerprint density at radius 2 is 2.22 bits per heavy atom. The van der Waals surface area contributed by atoms with Gasteiger partial charge >= 0.3 is 6.30 Å². The summed E-state index contributed by atoms with van der Waals surface area (Å²) in [7, 11) is 0. The highest BCUT2D eigenvalue weighted by Gasteiger charge is 2.27. The van der Waals surface area contributed by atoms with E-state index in [4.69, 9.17) is 9.47 Å². The van der Waals surface area contributed by atoms with Crippen LogP contribution in [0.1, 0.15) is 12.8 Å². The van der Waals surface area contributed by atoms with E-state index < -0.39 is 6.30 Å². The van der Waals surface area contributed by atoms with Gasteiger partial charge in [0.1, 0.15) is 12.4 Å². The zero-order chi connectivity index (χ0) is 13.0. The highest BCUT2D eigenvalue weighted by atomic mass is 19.4. The minimum absolute atomic E-state index is 0.0349. The summed E-state index contributed by atoms with van der Waals surface area (Å²) in [5.41, 5.74) is -0.0349. The van der Waals surface area contributed by atoms with Crippen LogP contribution in [0.2, 0.25) is 0 Å². The summed E-state index contributed by atoms with van der Waals surface area (Å²) in [6, 6.07) is 5.80. The molecule has 1 unspecified atom stereocenters. The van der Waals surface area contributed by atoms with E-state index in [0.29, 0.717) is 12.4 Å². The number of alkyl halides is 3. The average molecular weight is 261 g/mol. The van der Waals surface area contributed by atoms with Gasteiger partial charge in [-0.2, -0.15) is 13.2 Å². The summed E-state index contributed by atoms with van der Waals surface area (Å²) >= 11 is 0. The Morgan fingerprint density at radius 1 is 1.39 bits per heavy atom. The quantitative estimate of drug-likeness (QED) is 0.844. The lowest BCUT2D eigenvalue weighted by molar-refractivity contribution is -0.0999. The minimum atomic E-state index is -4.44. The molecule has 1 fully saturated rings. The van der Waals surface area contributed by atoms with Gasteiger partial charge in [0.05, 0.1) is 6.10 Å². The number of rotatable bonds is 4. The van der Waals surface area contributed by atoms with Crippen molar-refractivity contribution in [3.05, 3.63) is 24.3 Å². The first-order valence-corrected chi connectivity index (χ1v) is 5.72. The third kappa shape index (κ3) is 4.10. The predicted molar refractivity (Wildman–Crippen MR) is 60.6 cm³/mol. The molecule has 18 heavy (non-hydrogen) atoms. The Hall–Kier alpha value is -1.43. The van der Waals surface area contributed by atoms with E-state index in [1.165, 1.54) is 23.5 Å². The molecule has 0 spiro atoms. The molecule has 0 aliphatic carbocycles. The van der Waals surface area contributed by atoms with Crippen LogP contribution in [0.15, 0.2) is 24.3 Å². The first-order valence-electron chi connectivity index (χ1n) is 5.72. The second kappa shape index (κ2) is 5.48. The van der Waals surface area contributed by atoms with Gasteiger partial charge in [0.15, 0.2) is 0 Å². The van der Waals surface area contributed by atoms with Crippen molar-refractivity contribution in [3.63, 3.8) is 0 Å². The van der Waals surface area contributed by atoms with E-state index in [2.05, 4.69) is 0 Å². The molecule has 3 nitrogen and oxygen atoms in total. The highest BCUT2D eigenvalue weighted by Crippen LogP contribution is 2.24. The number of nitrogens with one attached hydrogen (secondary N) is 1. The first-order chi connectivity index (χ1) is 8.53. The molecular formula is C12H14F3NO2. The number of hydrogen-bond acceptors (Lipinski definition) is 3. The standard InChI is InChI=1S/C12H14F3NO2/c13-12(14,15)16-9-3-1-4-10(7-9)18-8-11-5-2-6-17-11/h1,3-4,7,11,16H,2,5-6,8H2. The van der Waals surface area contributed by atoms with Gasteiger partial charge in [-0.05, 0) is 25.0 Å². The lowest BCUT2D eigenvalue weighted by Crippen LogP contribution is -2.20. The smallest absolute Gasteiger partial charge is 0.482 e. The number of halogens is 3. The van der Waals surface area contributed by atoms with Gasteiger partial charge in [0.25, 0.3) is 0 Å². The molecule has 0 amide bonds. The van der Waals surface area contributed by atoms with Gasteiger partial charge in [-0.15, -0.1) is 0 Å². The molecule has 2 rings (SSSR count). The van der Waals surface area contributed by atoms with Crippen LogP contribution in [0.5, 0.6) is 5.75 Å². The molecule has 0 bridgehead atoms. The molecule has 1 aromatic carbocycles. The monoisotopic (exact) mass is 261 g/mol. The SMILES string of the molecule is FC(F)(F)Nc1cccc(OCC2CCCO2)c1. The van der Waals surface area contributed by atoms with E-state index in [1.807, 2.05) is 0 Å². The van der Waals surface area contributed by atoms with E-state index in [1.54, 1.807) is 6.07 Å². The van der Waals surface area contributed by atoms with Gasteiger partial charge in [-0.25, -0.2) is 0 Å². The van der Waals surface area contributed by atoms with Crippen LogP contribution in [0.4, 0.5) is 18.9 Å². The molecule has 1 N–H and O–H groups in total. The number of benzene rings is 1. The van der Waals surface area contributed by atoms with E-state index in [0.717, 1.165) is 19.4 Å². The van der Waals surface area contributed by atoms with Crippen LogP contribution in [0.3, 0.4) is 0 Å². The summed E-state index contributed by atoms with van der Waals surface area (Å²) < 4.78 is 47.2. The van der Waals surface area contributed by atoms with Crippen molar-refractivity contribution < 1.29 is 22.6 Å². The molecule has 1 aliphatic rings. The summed E-state index contributed by atoms with van der Waals surface area (Å²) in [6.45, 7) is 1.10. The predicted octanol–water partition coefficient (Wildman–Crippen LogP) is 3.18. The van der Waals surface area contributed by atoms with Crippen LogP contribution in [-0.2, 0) is 4.74 Å². The molecule has 1 aromatic rings. The van der Waals surface area contributed by atoms with Crippen molar-refractivity contribution in [1.29, 1.82) is 0 Å². The summed E-state index contributed by atoms with van der Waals surface area (Å²) in [4.78, 5) is 0. The van der Waals surface area contributed by atoms with Gasteiger partial charge in [0, 0.05) is 18.4 Å². The van der Waals surface area contributed by atoms with Crippen LogP contribution < -0.4 is 10.1 Å². The van der Waals surface area contributed by atoms with E-state index in [9.17, 15) is 13.2 Å². The molecule has 0 radical (unpaired) electrons. The lowest BCUT2D eigenvalue weighted by Gasteiger charge is -2.13. The molecule has 1 saturated heterocycles. The molecular weight excluding hydrogens is 247 g/mol. The maximum atomic E-state index is 12.1. The van der Waals surface area contributed by atoms with Crippen molar-refractivity contribution in [2.45, 2.75) is 25.2 Å². The number of ether oxygens (including phenoxy) is 2. The van der Waals surface area contributed by atoms with Crippen LogP contribution in [-0.4, -0.2) is 25.6 Å².